The summed E-state index contributed by atoms with van der Waals surface area (Å²) in [5.41, 5.74) is 0.990. The summed E-state index contributed by atoms with van der Waals surface area (Å²) in [5.74, 6) is 4.11. The first kappa shape index (κ1) is 13.5. The first-order valence-corrected chi connectivity index (χ1v) is 8.37. The molecule has 106 valence electrons. The molecule has 4 nitrogen and oxygen atoms in total. The molecule has 0 aliphatic carbocycles. The van der Waals surface area contributed by atoms with Crippen LogP contribution in [-0.2, 0) is 0 Å². The van der Waals surface area contributed by atoms with Gasteiger partial charge in [-0.25, -0.2) is 4.98 Å². The van der Waals surface area contributed by atoms with E-state index in [1.54, 1.807) is 0 Å². The van der Waals surface area contributed by atoms with Crippen LogP contribution in [0.4, 0.5) is 11.8 Å². The minimum absolute atomic E-state index is 0.515. The van der Waals surface area contributed by atoms with Gasteiger partial charge in [0.2, 0.25) is 5.95 Å². The molecule has 0 radical (unpaired) electrons. The van der Waals surface area contributed by atoms with Gasteiger partial charge in [0, 0.05) is 23.7 Å². The Kier molecular flexibility index (Phi) is 4.25. The average molecular weight is 288 g/mol. The lowest BCUT2D eigenvalue weighted by Crippen LogP contribution is -2.26. The maximum atomic E-state index is 4.64. The van der Waals surface area contributed by atoms with Crippen LogP contribution in [0.2, 0.25) is 0 Å². The minimum Gasteiger partial charge on any atom is -0.366 e. The molecule has 1 aliphatic rings. The Labute approximate surface area is 123 Å². The van der Waals surface area contributed by atoms with Crippen molar-refractivity contribution >= 4 is 34.4 Å². The molecule has 3 rings (SSSR count). The van der Waals surface area contributed by atoms with E-state index in [9.17, 15) is 0 Å². The molecule has 0 spiro atoms. The largest absolute Gasteiger partial charge is 0.366 e. The number of rotatable bonds is 4. The fourth-order valence-corrected chi connectivity index (χ4v) is 3.54. The second-order valence-electron chi connectivity index (χ2n) is 5.00. The quantitative estimate of drug-likeness (QED) is 0.903. The smallest absolute Gasteiger partial charge is 0.225 e. The van der Waals surface area contributed by atoms with Crippen molar-refractivity contribution in [2.75, 3.05) is 28.7 Å². The Morgan fingerprint density at radius 2 is 2.20 bits per heavy atom. The second-order valence-corrected chi connectivity index (χ2v) is 6.15. The summed E-state index contributed by atoms with van der Waals surface area (Å²) in [7, 11) is 0. The maximum Gasteiger partial charge on any atom is 0.225 e. The van der Waals surface area contributed by atoms with Crippen molar-refractivity contribution in [2.24, 2.45) is 0 Å². The molecule has 2 N–H and O–H groups in total. The normalized spacial score (nSPS) is 18.9. The van der Waals surface area contributed by atoms with Crippen molar-refractivity contribution < 1.29 is 0 Å². The first-order valence-electron chi connectivity index (χ1n) is 7.21. The lowest BCUT2D eigenvalue weighted by Gasteiger charge is -2.23. The molecule has 5 heteroatoms. The van der Waals surface area contributed by atoms with Crippen molar-refractivity contribution in [3.63, 3.8) is 0 Å². The summed E-state index contributed by atoms with van der Waals surface area (Å²) in [6.45, 7) is 2.89. The molecule has 0 amide bonds. The Morgan fingerprint density at radius 1 is 1.30 bits per heavy atom. The molecule has 1 aliphatic heterocycles. The molecule has 1 fully saturated rings. The zero-order valence-electron chi connectivity index (χ0n) is 11.7. The van der Waals surface area contributed by atoms with Gasteiger partial charge in [-0.1, -0.05) is 12.1 Å². The van der Waals surface area contributed by atoms with Gasteiger partial charge in [0.1, 0.15) is 5.82 Å². The van der Waals surface area contributed by atoms with Gasteiger partial charge in [-0.3, -0.25) is 0 Å². The first-order chi connectivity index (χ1) is 9.86. The summed E-state index contributed by atoms with van der Waals surface area (Å²) in [6.07, 6.45) is 2.51. The maximum absolute atomic E-state index is 4.64. The predicted molar refractivity (Wildman–Crippen MR) is 87.7 cm³/mol. The molecule has 1 atom stereocenters. The van der Waals surface area contributed by atoms with E-state index in [2.05, 4.69) is 33.6 Å². The number of anilines is 2. The summed E-state index contributed by atoms with van der Waals surface area (Å²) < 4.78 is 0. The van der Waals surface area contributed by atoms with E-state index in [1.165, 1.54) is 18.6 Å². The average Bonchev–Trinajstić information content (AvgIpc) is 2.49. The SMILES string of the molecule is CCNc1nc(NC2CCCSC2)c2ccccc2n1. The van der Waals surface area contributed by atoms with E-state index in [0.29, 0.717) is 12.0 Å². The molecule has 1 unspecified atom stereocenters. The summed E-state index contributed by atoms with van der Waals surface area (Å²) in [4.78, 5) is 9.19. The van der Waals surface area contributed by atoms with E-state index < -0.39 is 0 Å². The molecular formula is C15H20N4S. The van der Waals surface area contributed by atoms with Crippen LogP contribution in [0.5, 0.6) is 0 Å². The van der Waals surface area contributed by atoms with E-state index in [4.69, 9.17) is 0 Å². The zero-order chi connectivity index (χ0) is 13.8. The van der Waals surface area contributed by atoms with Crippen LogP contribution in [-0.4, -0.2) is 34.1 Å². The Morgan fingerprint density at radius 3 is 3.00 bits per heavy atom. The van der Waals surface area contributed by atoms with E-state index in [-0.39, 0.29) is 0 Å². The highest BCUT2D eigenvalue weighted by Crippen LogP contribution is 2.25. The lowest BCUT2D eigenvalue weighted by atomic mass is 10.1. The monoisotopic (exact) mass is 288 g/mol. The van der Waals surface area contributed by atoms with Crippen LogP contribution in [0.25, 0.3) is 10.9 Å². The molecule has 1 saturated heterocycles. The number of nitrogens with zero attached hydrogens (tertiary/aromatic N) is 2. The number of aromatic nitrogens is 2. The van der Waals surface area contributed by atoms with Crippen LogP contribution < -0.4 is 10.6 Å². The van der Waals surface area contributed by atoms with Gasteiger partial charge < -0.3 is 10.6 Å². The van der Waals surface area contributed by atoms with E-state index >= 15 is 0 Å². The van der Waals surface area contributed by atoms with Crippen LogP contribution >= 0.6 is 11.8 Å². The number of para-hydroxylation sites is 1. The third kappa shape index (κ3) is 2.98. The molecule has 1 aromatic carbocycles. The zero-order valence-corrected chi connectivity index (χ0v) is 12.5. The second kappa shape index (κ2) is 6.31. The lowest BCUT2D eigenvalue weighted by molar-refractivity contribution is 0.683. The van der Waals surface area contributed by atoms with Crippen LogP contribution in [0, 0.1) is 0 Å². The van der Waals surface area contributed by atoms with Gasteiger partial charge in [0.15, 0.2) is 0 Å². The number of benzene rings is 1. The highest BCUT2D eigenvalue weighted by molar-refractivity contribution is 7.99. The van der Waals surface area contributed by atoms with Crippen LogP contribution in [0.3, 0.4) is 0 Å². The van der Waals surface area contributed by atoms with E-state index in [0.717, 1.165) is 29.0 Å². The predicted octanol–water partition coefficient (Wildman–Crippen LogP) is 3.37. The highest BCUT2D eigenvalue weighted by atomic mass is 32.2. The van der Waals surface area contributed by atoms with Crippen molar-refractivity contribution in [2.45, 2.75) is 25.8 Å². The molecule has 0 saturated carbocycles. The Bertz CT molecular complexity index is 581. The Balaban J connectivity index is 1.93. The fraction of sp³-hybridized carbons (Fsp3) is 0.467. The van der Waals surface area contributed by atoms with Crippen LogP contribution in [0.1, 0.15) is 19.8 Å². The van der Waals surface area contributed by atoms with E-state index in [1.807, 2.05) is 30.0 Å². The summed E-state index contributed by atoms with van der Waals surface area (Å²) >= 11 is 2.02. The van der Waals surface area contributed by atoms with Gasteiger partial charge in [0.25, 0.3) is 0 Å². The summed E-state index contributed by atoms with van der Waals surface area (Å²) in [5, 5.41) is 7.92. The third-order valence-corrected chi connectivity index (χ3v) is 4.65. The molecule has 0 bridgehead atoms. The third-order valence-electron chi connectivity index (χ3n) is 3.44. The molecule has 2 heterocycles. The van der Waals surface area contributed by atoms with Crippen LogP contribution in [0.15, 0.2) is 24.3 Å². The van der Waals surface area contributed by atoms with Gasteiger partial charge >= 0.3 is 0 Å². The van der Waals surface area contributed by atoms with Gasteiger partial charge in [0.05, 0.1) is 5.52 Å². The highest BCUT2D eigenvalue weighted by Gasteiger charge is 2.16. The van der Waals surface area contributed by atoms with Crippen molar-refractivity contribution in [3.05, 3.63) is 24.3 Å². The van der Waals surface area contributed by atoms with Crippen molar-refractivity contribution in [3.8, 4) is 0 Å². The topological polar surface area (TPSA) is 49.8 Å². The Hall–Kier alpha value is -1.49. The number of thioether (sulfide) groups is 1. The number of hydrogen-bond donors (Lipinski definition) is 2. The number of fused-ring (bicyclic) bond motifs is 1. The molecule has 1 aromatic heterocycles. The number of nitrogens with one attached hydrogen (secondary N) is 2. The minimum atomic E-state index is 0.515. The van der Waals surface area contributed by atoms with Gasteiger partial charge in [-0.05, 0) is 37.7 Å². The molecular weight excluding hydrogens is 268 g/mol. The standard InChI is InChI=1S/C15H20N4S/c1-2-16-15-18-13-8-4-3-7-12(13)14(19-15)17-11-6-5-9-20-10-11/h3-4,7-8,11H,2,5-6,9-10H2,1H3,(H2,16,17,18,19). The van der Waals surface area contributed by atoms with Crippen molar-refractivity contribution in [1.29, 1.82) is 0 Å². The number of hydrogen-bond acceptors (Lipinski definition) is 5. The molecule has 2 aromatic rings. The van der Waals surface area contributed by atoms with Gasteiger partial charge in [-0.15, -0.1) is 0 Å². The molecule has 20 heavy (non-hydrogen) atoms. The van der Waals surface area contributed by atoms with Crippen molar-refractivity contribution in [1.82, 2.24) is 9.97 Å². The van der Waals surface area contributed by atoms with Gasteiger partial charge in [-0.2, -0.15) is 16.7 Å². The summed E-state index contributed by atoms with van der Waals surface area (Å²) in [6, 6.07) is 8.70. The fourth-order valence-electron chi connectivity index (χ4n) is 2.47.